The first-order chi connectivity index (χ1) is 10.7. The third kappa shape index (κ3) is 4.99. The van der Waals surface area contributed by atoms with Gasteiger partial charge in [-0.25, -0.2) is 0 Å². The van der Waals surface area contributed by atoms with Gasteiger partial charge in [-0.2, -0.15) is 5.26 Å². The Hall–Kier alpha value is -2.16. The first-order valence-electron chi connectivity index (χ1n) is 6.57. The van der Waals surface area contributed by atoms with Gasteiger partial charge in [0.25, 0.3) is 0 Å². The Labute approximate surface area is 138 Å². The molecule has 0 saturated heterocycles. The summed E-state index contributed by atoms with van der Waals surface area (Å²) in [7, 11) is 0. The summed E-state index contributed by atoms with van der Waals surface area (Å²) in [6.07, 6.45) is 0. The predicted molar refractivity (Wildman–Crippen MR) is 91.4 cm³/mol. The summed E-state index contributed by atoms with van der Waals surface area (Å²) in [5.41, 5.74) is 1.54. The standard InChI is InChI=1S/C16H14ClN3OS/c17-12-5-7-13(8-6-12)19-11-16(21)20-14-3-1-2-4-15(14)22-10-9-18/h1-8,19H,10-11H2,(H,20,21). The van der Waals surface area contributed by atoms with Gasteiger partial charge < -0.3 is 10.6 Å². The second kappa shape index (κ2) is 8.32. The molecular weight excluding hydrogens is 318 g/mol. The van der Waals surface area contributed by atoms with E-state index in [4.69, 9.17) is 16.9 Å². The molecule has 0 bridgehead atoms. The zero-order chi connectivity index (χ0) is 15.8. The maximum atomic E-state index is 12.0. The molecule has 0 aliphatic rings. The number of nitrogens with one attached hydrogen (secondary N) is 2. The van der Waals surface area contributed by atoms with Crippen LogP contribution in [0.25, 0.3) is 0 Å². The molecule has 0 heterocycles. The number of halogens is 1. The number of hydrogen-bond donors (Lipinski definition) is 2. The first-order valence-corrected chi connectivity index (χ1v) is 7.93. The SMILES string of the molecule is N#CCSc1ccccc1NC(=O)CNc1ccc(Cl)cc1. The lowest BCUT2D eigenvalue weighted by Crippen LogP contribution is -2.22. The molecule has 1 amide bonds. The fraction of sp³-hybridized carbons (Fsp3) is 0.125. The smallest absolute Gasteiger partial charge is 0.243 e. The van der Waals surface area contributed by atoms with Crippen LogP contribution in [0.15, 0.2) is 53.4 Å². The minimum Gasteiger partial charge on any atom is -0.376 e. The fourth-order valence-corrected chi connectivity index (χ4v) is 2.55. The number of rotatable bonds is 6. The highest BCUT2D eigenvalue weighted by Gasteiger charge is 2.07. The highest BCUT2D eigenvalue weighted by Crippen LogP contribution is 2.26. The molecule has 0 saturated carbocycles. The van der Waals surface area contributed by atoms with Gasteiger partial charge in [-0.1, -0.05) is 23.7 Å². The van der Waals surface area contributed by atoms with Crippen molar-refractivity contribution in [3.63, 3.8) is 0 Å². The van der Waals surface area contributed by atoms with Crippen LogP contribution in [-0.4, -0.2) is 18.2 Å². The number of benzene rings is 2. The average Bonchev–Trinajstić information content (AvgIpc) is 2.53. The van der Waals surface area contributed by atoms with E-state index in [1.807, 2.05) is 36.4 Å². The lowest BCUT2D eigenvalue weighted by molar-refractivity contribution is -0.114. The van der Waals surface area contributed by atoms with E-state index in [1.54, 1.807) is 12.1 Å². The maximum Gasteiger partial charge on any atom is 0.243 e. The van der Waals surface area contributed by atoms with Crippen molar-refractivity contribution in [2.45, 2.75) is 4.90 Å². The van der Waals surface area contributed by atoms with Gasteiger partial charge in [0.1, 0.15) is 0 Å². The van der Waals surface area contributed by atoms with Crippen LogP contribution < -0.4 is 10.6 Å². The van der Waals surface area contributed by atoms with E-state index in [-0.39, 0.29) is 12.5 Å². The molecule has 0 aliphatic carbocycles. The molecule has 4 nitrogen and oxygen atoms in total. The molecule has 0 atom stereocenters. The number of carbonyl (C=O) groups is 1. The Morgan fingerprint density at radius 3 is 2.64 bits per heavy atom. The molecule has 0 spiro atoms. The third-order valence-corrected chi connectivity index (χ3v) is 3.94. The van der Waals surface area contributed by atoms with Crippen LogP contribution in [0, 0.1) is 11.3 Å². The Morgan fingerprint density at radius 2 is 1.91 bits per heavy atom. The summed E-state index contributed by atoms with van der Waals surface area (Å²) in [6, 6.07) is 16.6. The quantitative estimate of drug-likeness (QED) is 0.785. The zero-order valence-electron chi connectivity index (χ0n) is 11.7. The van der Waals surface area contributed by atoms with E-state index in [0.29, 0.717) is 16.5 Å². The molecule has 6 heteroatoms. The van der Waals surface area contributed by atoms with E-state index in [0.717, 1.165) is 10.6 Å². The number of nitrogens with zero attached hydrogens (tertiary/aromatic N) is 1. The van der Waals surface area contributed by atoms with E-state index >= 15 is 0 Å². The summed E-state index contributed by atoms with van der Waals surface area (Å²) < 4.78 is 0. The molecule has 0 unspecified atom stereocenters. The number of para-hydroxylation sites is 1. The van der Waals surface area contributed by atoms with E-state index in [9.17, 15) is 4.79 Å². The normalized spacial score (nSPS) is 9.82. The zero-order valence-corrected chi connectivity index (χ0v) is 13.2. The van der Waals surface area contributed by atoms with Crippen molar-refractivity contribution in [3.8, 4) is 6.07 Å². The summed E-state index contributed by atoms with van der Waals surface area (Å²) in [5, 5.41) is 15.2. The van der Waals surface area contributed by atoms with Gasteiger partial charge in [0.05, 0.1) is 24.1 Å². The average molecular weight is 332 g/mol. The molecule has 2 rings (SSSR count). The highest BCUT2D eigenvalue weighted by molar-refractivity contribution is 7.99. The summed E-state index contributed by atoms with van der Waals surface area (Å²) in [5.74, 6) is 0.190. The predicted octanol–water partition coefficient (Wildman–Crippen LogP) is 4.01. The number of amides is 1. The molecular formula is C16H14ClN3OS. The number of hydrogen-bond acceptors (Lipinski definition) is 4. The van der Waals surface area contributed by atoms with Crippen molar-refractivity contribution in [2.75, 3.05) is 22.9 Å². The largest absolute Gasteiger partial charge is 0.376 e. The second-order valence-electron chi connectivity index (χ2n) is 4.35. The van der Waals surface area contributed by atoms with Crippen LogP contribution >= 0.6 is 23.4 Å². The lowest BCUT2D eigenvalue weighted by atomic mass is 10.3. The molecule has 2 aromatic carbocycles. The highest BCUT2D eigenvalue weighted by atomic mass is 35.5. The summed E-state index contributed by atoms with van der Waals surface area (Å²) in [4.78, 5) is 12.9. The molecule has 22 heavy (non-hydrogen) atoms. The monoisotopic (exact) mass is 331 g/mol. The van der Waals surface area contributed by atoms with Crippen LogP contribution in [0.4, 0.5) is 11.4 Å². The van der Waals surface area contributed by atoms with Gasteiger partial charge in [0.2, 0.25) is 5.91 Å². The van der Waals surface area contributed by atoms with Gasteiger partial charge >= 0.3 is 0 Å². The van der Waals surface area contributed by atoms with Gasteiger partial charge in [-0.15, -0.1) is 11.8 Å². The Kier molecular flexibility index (Phi) is 6.13. The van der Waals surface area contributed by atoms with E-state index in [1.165, 1.54) is 11.8 Å². The number of thioether (sulfide) groups is 1. The first kappa shape index (κ1) is 16.2. The number of nitriles is 1. The third-order valence-electron chi connectivity index (χ3n) is 2.75. The topological polar surface area (TPSA) is 64.9 Å². The molecule has 0 aliphatic heterocycles. The molecule has 0 fully saturated rings. The van der Waals surface area contributed by atoms with Crippen molar-refractivity contribution in [2.24, 2.45) is 0 Å². The second-order valence-corrected chi connectivity index (χ2v) is 5.81. The van der Waals surface area contributed by atoms with Gasteiger partial charge in [0.15, 0.2) is 0 Å². The Balaban J connectivity index is 1.92. The van der Waals surface area contributed by atoms with Crippen molar-refractivity contribution in [3.05, 3.63) is 53.6 Å². The van der Waals surface area contributed by atoms with Gasteiger partial charge in [-0.3, -0.25) is 4.79 Å². The lowest BCUT2D eigenvalue weighted by Gasteiger charge is -2.11. The molecule has 2 N–H and O–H groups in total. The molecule has 112 valence electrons. The molecule has 0 aromatic heterocycles. The van der Waals surface area contributed by atoms with E-state index < -0.39 is 0 Å². The summed E-state index contributed by atoms with van der Waals surface area (Å²) in [6.45, 7) is 0.152. The van der Waals surface area contributed by atoms with Gasteiger partial charge in [0, 0.05) is 15.6 Å². The van der Waals surface area contributed by atoms with Gasteiger partial charge in [-0.05, 0) is 36.4 Å². The molecule has 0 radical (unpaired) electrons. The van der Waals surface area contributed by atoms with Crippen molar-refractivity contribution < 1.29 is 4.79 Å². The van der Waals surface area contributed by atoms with Crippen LogP contribution in [0.5, 0.6) is 0 Å². The molecule has 2 aromatic rings. The van der Waals surface area contributed by atoms with Crippen LogP contribution in [0.1, 0.15) is 0 Å². The van der Waals surface area contributed by atoms with Crippen LogP contribution in [0.3, 0.4) is 0 Å². The summed E-state index contributed by atoms with van der Waals surface area (Å²) >= 11 is 7.20. The minimum absolute atomic E-state index is 0.152. The Bertz CT molecular complexity index is 683. The van der Waals surface area contributed by atoms with Crippen molar-refractivity contribution in [1.29, 1.82) is 5.26 Å². The van der Waals surface area contributed by atoms with Crippen LogP contribution in [0.2, 0.25) is 5.02 Å². The fourth-order valence-electron chi connectivity index (χ4n) is 1.75. The number of anilines is 2. The van der Waals surface area contributed by atoms with Crippen molar-refractivity contribution >= 4 is 40.6 Å². The minimum atomic E-state index is -0.153. The van der Waals surface area contributed by atoms with Crippen molar-refractivity contribution in [1.82, 2.24) is 0 Å². The maximum absolute atomic E-state index is 12.0. The van der Waals surface area contributed by atoms with Crippen LogP contribution in [-0.2, 0) is 4.79 Å². The number of carbonyl (C=O) groups excluding carboxylic acids is 1. The Morgan fingerprint density at radius 1 is 1.18 bits per heavy atom. The van der Waals surface area contributed by atoms with E-state index in [2.05, 4.69) is 16.7 Å².